The van der Waals surface area contributed by atoms with Crippen molar-refractivity contribution in [2.45, 2.75) is 13.0 Å². The lowest BCUT2D eigenvalue weighted by atomic mass is 10.2. The van der Waals surface area contributed by atoms with Crippen molar-refractivity contribution in [3.05, 3.63) is 0 Å². The fraction of sp³-hybridized carbons (Fsp3) is 0.875. The summed E-state index contributed by atoms with van der Waals surface area (Å²) in [6.45, 7) is 4.14. The molecule has 1 aliphatic heterocycles. The van der Waals surface area contributed by atoms with Crippen molar-refractivity contribution in [2.75, 3.05) is 32.8 Å². The molecule has 1 fully saturated rings. The quantitative estimate of drug-likeness (QED) is 0.611. The standard InChI is InChI=1S/C8H15NO3/c1-7(11)4-9-2-3-12-8(5-9)6-10/h8,10H,2-6H2,1H3. The molecule has 70 valence electrons. The maximum atomic E-state index is 10.8. The summed E-state index contributed by atoms with van der Waals surface area (Å²) in [6, 6.07) is 0. The summed E-state index contributed by atoms with van der Waals surface area (Å²) >= 11 is 0. The third-order valence-corrected chi connectivity index (χ3v) is 1.87. The smallest absolute Gasteiger partial charge is 0.143 e. The van der Waals surface area contributed by atoms with Gasteiger partial charge in [-0.2, -0.15) is 0 Å². The fourth-order valence-corrected chi connectivity index (χ4v) is 1.35. The third kappa shape index (κ3) is 2.89. The number of aliphatic hydroxyl groups is 1. The summed E-state index contributed by atoms with van der Waals surface area (Å²) in [7, 11) is 0. The van der Waals surface area contributed by atoms with Crippen LogP contribution in [0.3, 0.4) is 0 Å². The molecule has 0 radical (unpaired) electrons. The van der Waals surface area contributed by atoms with E-state index < -0.39 is 0 Å². The highest BCUT2D eigenvalue weighted by Crippen LogP contribution is 2.03. The van der Waals surface area contributed by atoms with Crippen molar-refractivity contribution in [3.8, 4) is 0 Å². The third-order valence-electron chi connectivity index (χ3n) is 1.87. The highest BCUT2D eigenvalue weighted by Gasteiger charge is 2.19. The molecule has 1 heterocycles. The highest BCUT2D eigenvalue weighted by atomic mass is 16.5. The number of rotatable bonds is 3. The van der Waals surface area contributed by atoms with Crippen molar-refractivity contribution < 1.29 is 14.6 Å². The Hall–Kier alpha value is -0.450. The monoisotopic (exact) mass is 173 g/mol. The Bertz CT molecular complexity index is 160. The summed E-state index contributed by atoms with van der Waals surface area (Å²) in [5.74, 6) is 0.161. The summed E-state index contributed by atoms with van der Waals surface area (Å²) in [4.78, 5) is 12.8. The van der Waals surface area contributed by atoms with E-state index in [2.05, 4.69) is 0 Å². The molecule has 0 saturated carbocycles. The van der Waals surface area contributed by atoms with Gasteiger partial charge in [-0.25, -0.2) is 0 Å². The van der Waals surface area contributed by atoms with Crippen LogP contribution in [0.1, 0.15) is 6.92 Å². The van der Waals surface area contributed by atoms with Gasteiger partial charge in [0.2, 0.25) is 0 Å². The minimum Gasteiger partial charge on any atom is -0.394 e. The molecule has 1 unspecified atom stereocenters. The molecule has 4 heteroatoms. The van der Waals surface area contributed by atoms with Crippen molar-refractivity contribution in [1.29, 1.82) is 0 Å². The van der Waals surface area contributed by atoms with Gasteiger partial charge >= 0.3 is 0 Å². The number of nitrogens with zero attached hydrogens (tertiary/aromatic N) is 1. The molecule has 1 N–H and O–H groups in total. The molecule has 1 saturated heterocycles. The molecule has 4 nitrogen and oxygen atoms in total. The lowest BCUT2D eigenvalue weighted by Crippen LogP contribution is -2.45. The van der Waals surface area contributed by atoms with Gasteiger partial charge in [-0.3, -0.25) is 9.69 Å². The molecule has 0 amide bonds. The maximum Gasteiger partial charge on any atom is 0.143 e. The Labute approximate surface area is 72.1 Å². The average molecular weight is 173 g/mol. The minimum atomic E-state index is -0.113. The van der Waals surface area contributed by atoms with Gasteiger partial charge in [-0.1, -0.05) is 0 Å². The van der Waals surface area contributed by atoms with Gasteiger partial charge < -0.3 is 9.84 Å². The molecule has 0 spiro atoms. The van der Waals surface area contributed by atoms with E-state index in [0.717, 1.165) is 6.54 Å². The Morgan fingerprint density at radius 3 is 3.08 bits per heavy atom. The van der Waals surface area contributed by atoms with Crippen molar-refractivity contribution in [3.63, 3.8) is 0 Å². The number of carbonyl (C=O) groups is 1. The number of hydrogen-bond donors (Lipinski definition) is 1. The first-order valence-electron chi connectivity index (χ1n) is 4.16. The van der Waals surface area contributed by atoms with Gasteiger partial charge in [-0.15, -0.1) is 0 Å². The van der Waals surface area contributed by atoms with Crippen molar-refractivity contribution in [2.24, 2.45) is 0 Å². The zero-order valence-electron chi connectivity index (χ0n) is 7.32. The Balaban J connectivity index is 2.30. The van der Waals surface area contributed by atoms with Gasteiger partial charge in [0.1, 0.15) is 5.78 Å². The zero-order valence-corrected chi connectivity index (χ0v) is 7.32. The predicted octanol–water partition coefficient (Wildman–Crippen LogP) is -0.732. The predicted molar refractivity (Wildman–Crippen MR) is 43.9 cm³/mol. The number of Topliss-reactive ketones (excluding diaryl/α,β-unsaturated/α-hetero) is 1. The molecule has 0 aromatic rings. The van der Waals surface area contributed by atoms with Crippen LogP contribution in [0.5, 0.6) is 0 Å². The van der Waals surface area contributed by atoms with E-state index in [4.69, 9.17) is 9.84 Å². The van der Waals surface area contributed by atoms with Crippen LogP contribution in [0.25, 0.3) is 0 Å². The Morgan fingerprint density at radius 2 is 2.50 bits per heavy atom. The first-order valence-corrected chi connectivity index (χ1v) is 4.16. The number of hydrogen-bond acceptors (Lipinski definition) is 4. The molecular formula is C8H15NO3. The van der Waals surface area contributed by atoms with E-state index in [9.17, 15) is 4.79 Å². The Morgan fingerprint density at radius 1 is 1.75 bits per heavy atom. The van der Waals surface area contributed by atoms with Crippen LogP contribution in [0, 0.1) is 0 Å². The first-order chi connectivity index (χ1) is 5.72. The number of carbonyl (C=O) groups excluding carboxylic acids is 1. The molecule has 1 atom stereocenters. The second kappa shape index (κ2) is 4.54. The van der Waals surface area contributed by atoms with Crippen molar-refractivity contribution >= 4 is 5.78 Å². The number of morpholine rings is 1. The van der Waals surface area contributed by atoms with E-state index in [-0.39, 0.29) is 18.5 Å². The lowest BCUT2D eigenvalue weighted by molar-refractivity contribution is -0.120. The van der Waals surface area contributed by atoms with Crippen LogP contribution in [0.4, 0.5) is 0 Å². The molecular weight excluding hydrogens is 158 g/mol. The van der Waals surface area contributed by atoms with Crippen LogP contribution < -0.4 is 0 Å². The number of ketones is 1. The van der Waals surface area contributed by atoms with Gasteiger partial charge in [0.05, 0.1) is 25.9 Å². The Kier molecular flexibility index (Phi) is 3.65. The number of aliphatic hydroxyl groups excluding tert-OH is 1. The number of ether oxygens (including phenoxy) is 1. The fourth-order valence-electron chi connectivity index (χ4n) is 1.35. The van der Waals surface area contributed by atoms with Gasteiger partial charge in [0.25, 0.3) is 0 Å². The lowest BCUT2D eigenvalue weighted by Gasteiger charge is -2.31. The topological polar surface area (TPSA) is 49.8 Å². The van der Waals surface area contributed by atoms with Crippen LogP contribution >= 0.6 is 0 Å². The molecule has 1 rings (SSSR count). The molecule has 0 aromatic carbocycles. The van der Waals surface area contributed by atoms with Gasteiger partial charge in [0.15, 0.2) is 0 Å². The second-order valence-electron chi connectivity index (χ2n) is 3.11. The van der Waals surface area contributed by atoms with Crippen molar-refractivity contribution in [1.82, 2.24) is 4.90 Å². The van der Waals surface area contributed by atoms with E-state index in [0.29, 0.717) is 19.7 Å². The van der Waals surface area contributed by atoms with E-state index in [1.807, 2.05) is 4.90 Å². The molecule has 12 heavy (non-hydrogen) atoms. The van der Waals surface area contributed by atoms with Crippen LogP contribution in [-0.4, -0.2) is 54.7 Å². The second-order valence-corrected chi connectivity index (χ2v) is 3.11. The van der Waals surface area contributed by atoms with Gasteiger partial charge in [-0.05, 0) is 6.92 Å². The first kappa shape index (κ1) is 9.64. The van der Waals surface area contributed by atoms with Crippen LogP contribution in [0.15, 0.2) is 0 Å². The summed E-state index contributed by atoms with van der Waals surface area (Å²) in [5.41, 5.74) is 0. The summed E-state index contributed by atoms with van der Waals surface area (Å²) < 4.78 is 5.24. The van der Waals surface area contributed by atoms with Gasteiger partial charge in [0, 0.05) is 13.1 Å². The summed E-state index contributed by atoms with van der Waals surface area (Å²) in [5, 5.41) is 8.81. The maximum absolute atomic E-state index is 10.8. The minimum absolute atomic E-state index is 0.0361. The molecule has 0 bridgehead atoms. The van der Waals surface area contributed by atoms with E-state index >= 15 is 0 Å². The highest BCUT2D eigenvalue weighted by molar-refractivity contribution is 5.77. The van der Waals surface area contributed by atoms with E-state index in [1.165, 1.54) is 0 Å². The van der Waals surface area contributed by atoms with E-state index in [1.54, 1.807) is 6.92 Å². The SMILES string of the molecule is CC(=O)CN1CCOC(CO)C1. The molecule has 0 aromatic heterocycles. The normalized spacial score (nSPS) is 25.7. The van der Waals surface area contributed by atoms with Crippen LogP contribution in [-0.2, 0) is 9.53 Å². The molecule has 1 aliphatic rings. The zero-order chi connectivity index (χ0) is 8.97. The van der Waals surface area contributed by atoms with Crippen LogP contribution in [0.2, 0.25) is 0 Å². The summed E-state index contributed by atoms with van der Waals surface area (Å²) in [6.07, 6.45) is -0.113. The largest absolute Gasteiger partial charge is 0.394 e. The molecule has 0 aliphatic carbocycles. The average Bonchev–Trinajstić information content (AvgIpc) is 2.03.